The zero-order valence-electron chi connectivity index (χ0n) is 20.6. The number of furan rings is 1. The maximum atomic E-state index is 13.6. The molecule has 2 aromatic heterocycles. The fourth-order valence-electron chi connectivity index (χ4n) is 4.22. The van der Waals surface area contributed by atoms with E-state index in [4.69, 9.17) is 14.1 Å². The van der Waals surface area contributed by atoms with Crippen LogP contribution in [-0.4, -0.2) is 22.5 Å². The van der Waals surface area contributed by atoms with Gasteiger partial charge in [-0.25, -0.2) is 4.98 Å². The molecule has 36 heavy (non-hydrogen) atoms. The third-order valence-corrected chi connectivity index (χ3v) is 6.58. The quantitative estimate of drug-likeness (QED) is 0.211. The van der Waals surface area contributed by atoms with Gasteiger partial charge in [0.15, 0.2) is 5.76 Å². The standard InChI is InChI=1S/C29H26BrN3O3/c1-5-35-26-12-18(4)20(14-23(26)17(2)3)16-31-33-28(32-24-9-7-6-8-22(24)29(33)34)27-15-19-13-21(30)10-11-25(19)36-27/h6-17H,5H2,1-4H3. The molecule has 0 aliphatic carbocycles. The van der Waals surface area contributed by atoms with E-state index in [-0.39, 0.29) is 11.5 Å². The summed E-state index contributed by atoms with van der Waals surface area (Å²) < 4.78 is 14.2. The molecule has 5 aromatic rings. The minimum atomic E-state index is -0.263. The molecule has 0 saturated carbocycles. The van der Waals surface area contributed by atoms with Crippen LogP contribution in [0, 0.1) is 6.92 Å². The van der Waals surface area contributed by atoms with E-state index in [0.717, 1.165) is 32.3 Å². The van der Waals surface area contributed by atoms with Gasteiger partial charge in [0, 0.05) is 9.86 Å². The van der Waals surface area contributed by atoms with Gasteiger partial charge < -0.3 is 9.15 Å². The summed E-state index contributed by atoms with van der Waals surface area (Å²) in [5, 5.41) is 6.03. The van der Waals surface area contributed by atoms with Crippen molar-refractivity contribution in [3.8, 4) is 17.3 Å². The second-order valence-electron chi connectivity index (χ2n) is 8.94. The second-order valence-corrected chi connectivity index (χ2v) is 9.86. The summed E-state index contributed by atoms with van der Waals surface area (Å²) in [6, 6.07) is 19.0. The van der Waals surface area contributed by atoms with Crippen molar-refractivity contribution in [3.63, 3.8) is 0 Å². The molecule has 0 N–H and O–H groups in total. The molecule has 0 radical (unpaired) electrons. The van der Waals surface area contributed by atoms with Crippen molar-refractivity contribution < 1.29 is 9.15 Å². The lowest BCUT2D eigenvalue weighted by Crippen LogP contribution is -2.20. The Kier molecular flexibility index (Phi) is 6.49. The molecule has 0 amide bonds. The number of benzene rings is 3. The molecule has 0 spiro atoms. The number of halogens is 1. The van der Waals surface area contributed by atoms with Crippen molar-refractivity contribution in [2.75, 3.05) is 6.61 Å². The lowest BCUT2D eigenvalue weighted by Gasteiger charge is -2.16. The van der Waals surface area contributed by atoms with E-state index in [9.17, 15) is 4.79 Å². The van der Waals surface area contributed by atoms with E-state index in [1.54, 1.807) is 12.3 Å². The zero-order valence-corrected chi connectivity index (χ0v) is 22.2. The average Bonchev–Trinajstić information content (AvgIpc) is 3.27. The first-order valence-corrected chi connectivity index (χ1v) is 12.7. The number of aryl methyl sites for hydroxylation is 1. The van der Waals surface area contributed by atoms with E-state index >= 15 is 0 Å². The minimum Gasteiger partial charge on any atom is -0.494 e. The van der Waals surface area contributed by atoms with Crippen LogP contribution in [-0.2, 0) is 0 Å². The Hall–Kier alpha value is -3.71. The molecule has 0 fully saturated rings. The third kappa shape index (κ3) is 4.46. The van der Waals surface area contributed by atoms with E-state index in [1.165, 1.54) is 4.68 Å². The molecule has 0 aliphatic heterocycles. The van der Waals surface area contributed by atoms with Gasteiger partial charge in [-0.3, -0.25) is 4.79 Å². The lowest BCUT2D eigenvalue weighted by atomic mass is 9.97. The fourth-order valence-corrected chi connectivity index (χ4v) is 4.60. The number of rotatable bonds is 6. The summed E-state index contributed by atoms with van der Waals surface area (Å²) in [6.45, 7) is 8.84. The number of nitrogens with zero attached hydrogens (tertiary/aromatic N) is 3. The zero-order chi connectivity index (χ0) is 25.4. The summed E-state index contributed by atoms with van der Waals surface area (Å²) in [5.41, 5.74) is 4.03. The molecule has 6 nitrogen and oxygen atoms in total. The van der Waals surface area contributed by atoms with E-state index in [1.807, 2.05) is 62.4 Å². The van der Waals surface area contributed by atoms with Crippen LogP contribution in [0.15, 0.2) is 79.4 Å². The Labute approximate surface area is 217 Å². The maximum Gasteiger partial charge on any atom is 0.282 e. The molecule has 0 saturated heterocycles. The van der Waals surface area contributed by atoms with Gasteiger partial charge in [0.2, 0.25) is 5.82 Å². The summed E-state index contributed by atoms with van der Waals surface area (Å²) in [6.07, 6.45) is 1.71. The Bertz CT molecular complexity index is 1680. The van der Waals surface area contributed by atoms with Gasteiger partial charge in [-0.1, -0.05) is 41.9 Å². The first-order valence-electron chi connectivity index (χ1n) is 11.9. The molecule has 2 heterocycles. The minimum absolute atomic E-state index is 0.263. The van der Waals surface area contributed by atoms with Crippen LogP contribution in [0.5, 0.6) is 5.75 Å². The molecule has 0 atom stereocenters. The largest absolute Gasteiger partial charge is 0.494 e. The van der Waals surface area contributed by atoms with E-state index in [0.29, 0.717) is 34.7 Å². The average molecular weight is 544 g/mol. The third-order valence-electron chi connectivity index (χ3n) is 6.09. The van der Waals surface area contributed by atoms with Gasteiger partial charge >= 0.3 is 0 Å². The number of hydrogen-bond acceptors (Lipinski definition) is 5. The van der Waals surface area contributed by atoms with Crippen LogP contribution in [0.3, 0.4) is 0 Å². The molecule has 0 unspecified atom stereocenters. The van der Waals surface area contributed by atoms with Crippen LogP contribution in [0.4, 0.5) is 0 Å². The summed E-state index contributed by atoms with van der Waals surface area (Å²) in [4.78, 5) is 18.3. The molecular formula is C29H26BrN3O3. The van der Waals surface area contributed by atoms with Gasteiger partial charge in [0.05, 0.1) is 23.7 Å². The van der Waals surface area contributed by atoms with E-state index in [2.05, 4.69) is 40.9 Å². The summed E-state index contributed by atoms with van der Waals surface area (Å²) in [5.74, 6) is 1.96. The number of para-hydroxylation sites is 1. The van der Waals surface area contributed by atoms with Crippen LogP contribution in [0.25, 0.3) is 33.5 Å². The number of hydrogen-bond donors (Lipinski definition) is 0. The van der Waals surface area contributed by atoms with Crippen LogP contribution < -0.4 is 10.3 Å². The normalized spacial score (nSPS) is 11.8. The van der Waals surface area contributed by atoms with Gasteiger partial charge in [-0.05, 0) is 85.0 Å². The van der Waals surface area contributed by atoms with Crippen LogP contribution >= 0.6 is 15.9 Å². The van der Waals surface area contributed by atoms with Gasteiger partial charge in [0.25, 0.3) is 5.56 Å². The predicted octanol–water partition coefficient (Wildman–Crippen LogP) is 7.28. The summed E-state index contributed by atoms with van der Waals surface area (Å²) >= 11 is 3.50. The Morgan fingerprint density at radius 3 is 2.72 bits per heavy atom. The number of ether oxygens (including phenoxy) is 1. The van der Waals surface area contributed by atoms with Gasteiger partial charge in [-0.15, -0.1) is 0 Å². The second kappa shape index (κ2) is 9.74. The lowest BCUT2D eigenvalue weighted by molar-refractivity contribution is 0.335. The van der Waals surface area contributed by atoms with E-state index < -0.39 is 0 Å². The topological polar surface area (TPSA) is 69.6 Å². The first-order chi connectivity index (χ1) is 17.4. The van der Waals surface area contributed by atoms with Crippen molar-refractivity contribution in [1.29, 1.82) is 0 Å². The molecule has 182 valence electrons. The Balaban J connectivity index is 1.69. The Morgan fingerprint density at radius 1 is 1.14 bits per heavy atom. The highest BCUT2D eigenvalue weighted by Crippen LogP contribution is 2.31. The van der Waals surface area contributed by atoms with Crippen molar-refractivity contribution in [2.45, 2.75) is 33.6 Å². The van der Waals surface area contributed by atoms with Crippen molar-refractivity contribution in [3.05, 3.63) is 92.2 Å². The molecule has 0 bridgehead atoms. The molecule has 5 rings (SSSR count). The Morgan fingerprint density at radius 2 is 1.94 bits per heavy atom. The van der Waals surface area contributed by atoms with Crippen LogP contribution in [0.2, 0.25) is 0 Å². The van der Waals surface area contributed by atoms with Gasteiger partial charge in [0.1, 0.15) is 11.3 Å². The SMILES string of the molecule is CCOc1cc(C)c(C=Nn2c(-c3cc4cc(Br)ccc4o3)nc3ccccc3c2=O)cc1C(C)C. The summed E-state index contributed by atoms with van der Waals surface area (Å²) in [7, 11) is 0. The van der Waals surface area contributed by atoms with Gasteiger partial charge in [-0.2, -0.15) is 9.78 Å². The van der Waals surface area contributed by atoms with Crippen molar-refractivity contribution >= 4 is 44.0 Å². The predicted molar refractivity (Wildman–Crippen MR) is 148 cm³/mol. The molecule has 0 aliphatic rings. The monoisotopic (exact) mass is 543 g/mol. The molecular weight excluding hydrogens is 518 g/mol. The number of fused-ring (bicyclic) bond motifs is 2. The highest BCUT2D eigenvalue weighted by atomic mass is 79.9. The number of aromatic nitrogens is 2. The highest BCUT2D eigenvalue weighted by Gasteiger charge is 2.17. The fraction of sp³-hybridized carbons (Fsp3) is 0.207. The highest BCUT2D eigenvalue weighted by molar-refractivity contribution is 9.10. The first kappa shape index (κ1) is 24.0. The smallest absolute Gasteiger partial charge is 0.282 e. The van der Waals surface area contributed by atoms with Crippen molar-refractivity contribution in [1.82, 2.24) is 9.66 Å². The maximum absolute atomic E-state index is 13.6. The van der Waals surface area contributed by atoms with Crippen molar-refractivity contribution in [2.24, 2.45) is 5.10 Å². The molecule has 7 heteroatoms. The molecule has 3 aromatic carbocycles. The van der Waals surface area contributed by atoms with Crippen LogP contribution in [0.1, 0.15) is 43.4 Å².